The highest BCUT2D eigenvalue weighted by atomic mass is 32.2. The fraction of sp³-hybridized carbons (Fsp3) is 0.500. The Labute approximate surface area is 106 Å². The quantitative estimate of drug-likeness (QED) is 0.821. The molecule has 2 rings (SSSR count). The van der Waals surface area contributed by atoms with Crippen LogP contribution < -0.4 is 10.5 Å². The standard InChI is InChI=1S/C12H17FN2O2S/c1-3-8-5-10(8)15-18(16,17)11-6-9(14)4-7(2)12(11)13/h4,6,8,10,15H,3,5,14H2,1-2H3. The molecule has 0 aliphatic heterocycles. The van der Waals surface area contributed by atoms with Crippen molar-refractivity contribution < 1.29 is 12.8 Å². The number of hydrogen-bond donors (Lipinski definition) is 2. The van der Waals surface area contributed by atoms with Crippen molar-refractivity contribution in [3.8, 4) is 0 Å². The van der Waals surface area contributed by atoms with Crippen LogP contribution in [-0.2, 0) is 10.0 Å². The molecule has 18 heavy (non-hydrogen) atoms. The number of hydrogen-bond acceptors (Lipinski definition) is 3. The maximum atomic E-state index is 13.9. The Balaban J connectivity index is 2.30. The Bertz CT molecular complexity index is 572. The van der Waals surface area contributed by atoms with E-state index in [1.165, 1.54) is 13.0 Å². The topological polar surface area (TPSA) is 72.2 Å². The summed E-state index contributed by atoms with van der Waals surface area (Å²) in [6.07, 6.45) is 1.74. The zero-order valence-corrected chi connectivity index (χ0v) is 11.2. The molecule has 1 aliphatic carbocycles. The van der Waals surface area contributed by atoms with Gasteiger partial charge in [0.1, 0.15) is 10.7 Å². The molecule has 3 N–H and O–H groups in total. The average Bonchev–Trinajstić information content (AvgIpc) is 3.00. The lowest BCUT2D eigenvalue weighted by Gasteiger charge is -2.10. The van der Waals surface area contributed by atoms with E-state index in [9.17, 15) is 12.8 Å². The van der Waals surface area contributed by atoms with Crippen LogP contribution >= 0.6 is 0 Å². The van der Waals surface area contributed by atoms with Crippen molar-refractivity contribution in [2.75, 3.05) is 5.73 Å². The van der Waals surface area contributed by atoms with E-state index in [1.54, 1.807) is 0 Å². The number of aryl methyl sites for hydroxylation is 1. The van der Waals surface area contributed by atoms with Crippen molar-refractivity contribution in [3.63, 3.8) is 0 Å². The van der Waals surface area contributed by atoms with Crippen LogP contribution in [0.25, 0.3) is 0 Å². The van der Waals surface area contributed by atoms with Gasteiger partial charge in [0.15, 0.2) is 0 Å². The highest BCUT2D eigenvalue weighted by molar-refractivity contribution is 7.89. The third kappa shape index (κ3) is 2.49. The summed E-state index contributed by atoms with van der Waals surface area (Å²) in [5.74, 6) is -0.365. The molecule has 100 valence electrons. The molecule has 0 radical (unpaired) electrons. The van der Waals surface area contributed by atoms with Crippen LogP contribution in [0.3, 0.4) is 0 Å². The van der Waals surface area contributed by atoms with Gasteiger partial charge in [-0.05, 0) is 37.0 Å². The van der Waals surface area contributed by atoms with Crippen LogP contribution in [0.2, 0.25) is 0 Å². The first-order valence-electron chi connectivity index (χ1n) is 5.93. The lowest BCUT2D eigenvalue weighted by Crippen LogP contribution is -2.28. The normalized spacial score (nSPS) is 23.1. The summed E-state index contributed by atoms with van der Waals surface area (Å²) in [6, 6.07) is 2.51. The molecule has 1 aromatic carbocycles. The monoisotopic (exact) mass is 272 g/mol. The molecule has 1 saturated carbocycles. The smallest absolute Gasteiger partial charge is 0.243 e. The molecule has 2 unspecified atom stereocenters. The van der Waals surface area contributed by atoms with Crippen molar-refractivity contribution in [2.24, 2.45) is 5.92 Å². The summed E-state index contributed by atoms with van der Waals surface area (Å²) >= 11 is 0. The first-order chi connectivity index (χ1) is 8.35. The zero-order valence-electron chi connectivity index (χ0n) is 10.4. The van der Waals surface area contributed by atoms with Crippen molar-refractivity contribution in [1.29, 1.82) is 0 Å². The van der Waals surface area contributed by atoms with Gasteiger partial charge in [-0.25, -0.2) is 17.5 Å². The predicted octanol–water partition coefficient (Wildman–Crippen LogP) is 1.79. The SMILES string of the molecule is CCC1CC1NS(=O)(=O)c1cc(N)cc(C)c1F. The van der Waals surface area contributed by atoms with E-state index in [1.807, 2.05) is 6.92 Å². The van der Waals surface area contributed by atoms with Gasteiger partial charge in [0, 0.05) is 11.7 Å². The number of sulfonamides is 1. The lowest BCUT2D eigenvalue weighted by atomic mass is 10.2. The van der Waals surface area contributed by atoms with Crippen molar-refractivity contribution in [2.45, 2.75) is 37.6 Å². The Morgan fingerprint density at radius 2 is 2.17 bits per heavy atom. The minimum atomic E-state index is -3.82. The van der Waals surface area contributed by atoms with Gasteiger partial charge in [0.25, 0.3) is 0 Å². The summed E-state index contributed by atoms with van der Waals surface area (Å²) in [5, 5.41) is 0. The Morgan fingerprint density at radius 1 is 1.50 bits per heavy atom. The molecule has 1 fully saturated rings. The van der Waals surface area contributed by atoms with Gasteiger partial charge in [-0.3, -0.25) is 0 Å². The number of nitrogens with one attached hydrogen (secondary N) is 1. The van der Waals surface area contributed by atoms with E-state index in [4.69, 9.17) is 5.73 Å². The number of nitrogens with two attached hydrogens (primary N) is 1. The van der Waals surface area contributed by atoms with Crippen LogP contribution in [-0.4, -0.2) is 14.5 Å². The molecule has 0 amide bonds. The fourth-order valence-electron chi connectivity index (χ4n) is 2.07. The lowest BCUT2D eigenvalue weighted by molar-refractivity contribution is 0.550. The summed E-state index contributed by atoms with van der Waals surface area (Å²) in [6.45, 7) is 3.50. The molecule has 0 aromatic heterocycles. The number of halogens is 1. The van der Waals surface area contributed by atoms with Crippen LogP contribution in [0.1, 0.15) is 25.3 Å². The zero-order chi connectivity index (χ0) is 13.5. The van der Waals surface area contributed by atoms with Crippen molar-refractivity contribution in [1.82, 2.24) is 4.72 Å². The first kappa shape index (κ1) is 13.3. The second-order valence-electron chi connectivity index (χ2n) is 4.78. The van der Waals surface area contributed by atoms with Crippen LogP contribution in [0, 0.1) is 18.7 Å². The van der Waals surface area contributed by atoms with Gasteiger partial charge in [-0.1, -0.05) is 13.3 Å². The summed E-state index contributed by atoms with van der Waals surface area (Å²) in [7, 11) is -3.82. The number of rotatable bonds is 4. The summed E-state index contributed by atoms with van der Waals surface area (Å²) < 4.78 is 40.5. The number of benzene rings is 1. The minimum absolute atomic E-state index is 0.0684. The van der Waals surface area contributed by atoms with Crippen LogP contribution in [0.4, 0.5) is 10.1 Å². The average molecular weight is 272 g/mol. The molecule has 6 heteroatoms. The van der Waals surface area contributed by atoms with Gasteiger partial charge in [0.2, 0.25) is 10.0 Å². The Kier molecular flexibility index (Phi) is 3.33. The first-order valence-corrected chi connectivity index (χ1v) is 7.41. The third-order valence-corrected chi connectivity index (χ3v) is 4.78. The Hall–Kier alpha value is -1.14. The van der Waals surface area contributed by atoms with Gasteiger partial charge >= 0.3 is 0 Å². The van der Waals surface area contributed by atoms with E-state index >= 15 is 0 Å². The predicted molar refractivity (Wildman–Crippen MR) is 68.1 cm³/mol. The molecular formula is C12H17FN2O2S. The van der Waals surface area contributed by atoms with Gasteiger partial charge in [0.05, 0.1) is 0 Å². The van der Waals surface area contributed by atoms with E-state index in [-0.39, 0.29) is 22.2 Å². The minimum Gasteiger partial charge on any atom is -0.399 e. The maximum Gasteiger partial charge on any atom is 0.243 e. The summed E-state index contributed by atoms with van der Waals surface area (Å²) in [4.78, 5) is -0.359. The second kappa shape index (κ2) is 4.51. The fourth-order valence-corrected chi connectivity index (χ4v) is 3.57. The molecule has 1 aromatic rings. The molecule has 1 aliphatic rings. The molecular weight excluding hydrogens is 255 g/mol. The van der Waals surface area contributed by atoms with E-state index in [0.29, 0.717) is 5.92 Å². The number of anilines is 1. The molecule has 0 spiro atoms. The largest absolute Gasteiger partial charge is 0.399 e. The van der Waals surface area contributed by atoms with E-state index in [0.717, 1.165) is 18.9 Å². The van der Waals surface area contributed by atoms with Crippen LogP contribution in [0.15, 0.2) is 17.0 Å². The molecule has 4 nitrogen and oxygen atoms in total. The summed E-state index contributed by atoms with van der Waals surface area (Å²) in [5.41, 5.74) is 6.05. The van der Waals surface area contributed by atoms with E-state index in [2.05, 4.69) is 4.72 Å². The molecule has 2 atom stereocenters. The molecule has 0 heterocycles. The third-order valence-electron chi connectivity index (χ3n) is 3.29. The number of nitrogen functional groups attached to an aromatic ring is 1. The maximum absolute atomic E-state index is 13.9. The second-order valence-corrected chi connectivity index (χ2v) is 6.46. The van der Waals surface area contributed by atoms with E-state index < -0.39 is 15.8 Å². The molecule has 0 saturated heterocycles. The van der Waals surface area contributed by atoms with Crippen LogP contribution in [0.5, 0.6) is 0 Å². The molecule has 0 bridgehead atoms. The van der Waals surface area contributed by atoms with Gasteiger partial charge in [-0.2, -0.15) is 0 Å². The Morgan fingerprint density at radius 3 is 2.72 bits per heavy atom. The van der Waals surface area contributed by atoms with Gasteiger partial charge < -0.3 is 5.73 Å². The van der Waals surface area contributed by atoms with Crippen molar-refractivity contribution >= 4 is 15.7 Å². The highest BCUT2D eigenvalue weighted by Crippen LogP contribution is 2.35. The van der Waals surface area contributed by atoms with Crippen molar-refractivity contribution in [3.05, 3.63) is 23.5 Å². The van der Waals surface area contributed by atoms with Gasteiger partial charge in [-0.15, -0.1) is 0 Å². The highest BCUT2D eigenvalue weighted by Gasteiger charge is 2.39.